The lowest BCUT2D eigenvalue weighted by molar-refractivity contribution is -0.119. The molecule has 1 fully saturated rings. The first-order valence-corrected chi connectivity index (χ1v) is 6.05. The van der Waals surface area contributed by atoms with Crippen molar-refractivity contribution in [1.82, 2.24) is 5.32 Å². The van der Waals surface area contributed by atoms with Crippen LogP contribution in [0.3, 0.4) is 0 Å². The van der Waals surface area contributed by atoms with Gasteiger partial charge in [-0.1, -0.05) is 37.3 Å². The molecular weight excluding hydrogens is 214 g/mol. The lowest BCUT2D eigenvalue weighted by atomic mass is 9.84. The van der Waals surface area contributed by atoms with Gasteiger partial charge in [0, 0.05) is 20.1 Å². The van der Waals surface area contributed by atoms with E-state index in [-0.39, 0.29) is 11.9 Å². The normalized spacial score (nSPS) is 25.6. The van der Waals surface area contributed by atoms with Gasteiger partial charge in [-0.15, -0.1) is 0 Å². The molecule has 0 radical (unpaired) electrons. The van der Waals surface area contributed by atoms with Crippen LogP contribution in [-0.2, 0) is 9.53 Å². The Kier molecular flexibility index (Phi) is 3.79. The first-order chi connectivity index (χ1) is 8.22. The lowest BCUT2D eigenvalue weighted by Gasteiger charge is -2.24. The summed E-state index contributed by atoms with van der Waals surface area (Å²) in [6, 6.07) is 10.3. The Labute approximate surface area is 102 Å². The minimum atomic E-state index is 0.133. The molecule has 1 aliphatic heterocycles. The first kappa shape index (κ1) is 12.1. The molecule has 1 aliphatic rings. The highest BCUT2D eigenvalue weighted by molar-refractivity contribution is 5.79. The molecule has 3 atom stereocenters. The maximum absolute atomic E-state index is 11.6. The van der Waals surface area contributed by atoms with Crippen LogP contribution in [0, 0.1) is 11.8 Å². The van der Waals surface area contributed by atoms with Gasteiger partial charge < -0.3 is 10.1 Å². The molecule has 1 aromatic carbocycles. The number of ether oxygens (including phenoxy) is 1. The highest BCUT2D eigenvalue weighted by atomic mass is 16.5. The standard InChI is InChI=1S/C14H19NO2/c1-10(9-17-2)12-8-13(16)15-14(12)11-6-4-3-5-7-11/h3-7,10,12,14H,8-9H2,1-2H3,(H,15,16). The van der Waals surface area contributed by atoms with Crippen LogP contribution >= 0.6 is 0 Å². The van der Waals surface area contributed by atoms with Crippen molar-refractivity contribution in [3.8, 4) is 0 Å². The fourth-order valence-electron chi connectivity index (χ4n) is 2.58. The smallest absolute Gasteiger partial charge is 0.220 e. The van der Waals surface area contributed by atoms with Gasteiger partial charge in [0.2, 0.25) is 5.91 Å². The van der Waals surface area contributed by atoms with Crippen molar-refractivity contribution in [2.45, 2.75) is 19.4 Å². The van der Waals surface area contributed by atoms with Crippen molar-refractivity contribution in [2.75, 3.05) is 13.7 Å². The van der Waals surface area contributed by atoms with Gasteiger partial charge in [-0.2, -0.15) is 0 Å². The molecule has 3 heteroatoms. The molecule has 0 saturated carbocycles. The number of hydrogen-bond donors (Lipinski definition) is 1. The molecule has 1 amide bonds. The van der Waals surface area contributed by atoms with E-state index < -0.39 is 0 Å². The van der Waals surface area contributed by atoms with Gasteiger partial charge in [0.25, 0.3) is 0 Å². The predicted molar refractivity (Wildman–Crippen MR) is 66.5 cm³/mol. The van der Waals surface area contributed by atoms with Crippen LogP contribution in [0.4, 0.5) is 0 Å². The van der Waals surface area contributed by atoms with Crippen molar-refractivity contribution in [3.63, 3.8) is 0 Å². The quantitative estimate of drug-likeness (QED) is 0.865. The van der Waals surface area contributed by atoms with E-state index in [1.165, 1.54) is 5.56 Å². The van der Waals surface area contributed by atoms with E-state index in [0.29, 0.717) is 24.9 Å². The van der Waals surface area contributed by atoms with Gasteiger partial charge in [-0.25, -0.2) is 0 Å². The average molecular weight is 233 g/mol. The molecule has 3 unspecified atom stereocenters. The molecule has 0 spiro atoms. The third-order valence-electron chi connectivity index (χ3n) is 3.48. The topological polar surface area (TPSA) is 38.3 Å². The number of rotatable bonds is 4. The molecule has 17 heavy (non-hydrogen) atoms. The molecule has 2 rings (SSSR count). The summed E-state index contributed by atoms with van der Waals surface area (Å²) in [7, 11) is 1.71. The fourth-order valence-corrected chi connectivity index (χ4v) is 2.58. The average Bonchev–Trinajstić information content (AvgIpc) is 2.73. The summed E-state index contributed by atoms with van der Waals surface area (Å²) >= 11 is 0. The van der Waals surface area contributed by atoms with Crippen molar-refractivity contribution in [2.24, 2.45) is 11.8 Å². The van der Waals surface area contributed by atoms with E-state index in [4.69, 9.17) is 4.74 Å². The van der Waals surface area contributed by atoms with Gasteiger partial charge in [0.15, 0.2) is 0 Å². The van der Waals surface area contributed by atoms with Gasteiger partial charge in [0.1, 0.15) is 0 Å². The molecule has 92 valence electrons. The molecule has 0 aliphatic carbocycles. The van der Waals surface area contributed by atoms with E-state index in [1.54, 1.807) is 7.11 Å². The van der Waals surface area contributed by atoms with Crippen molar-refractivity contribution < 1.29 is 9.53 Å². The lowest BCUT2D eigenvalue weighted by Crippen LogP contribution is -2.25. The Hall–Kier alpha value is -1.35. The van der Waals surface area contributed by atoms with E-state index in [9.17, 15) is 4.79 Å². The van der Waals surface area contributed by atoms with Gasteiger partial charge in [-0.3, -0.25) is 4.79 Å². The molecule has 1 heterocycles. The van der Waals surface area contributed by atoms with Crippen molar-refractivity contribution in [1.29, 1.82) is 0 Å². The van der Waals surface area contributed by atoms with E-state index >= 15 is 0 Å². The molecule has 1 N–H and O–H groups in total. The summed E-state index contributed by atoms with van der Waals surface area (Å²) in [4.78, 5) is 11.6. The molecule has 3 nitrogen and oxygen atoms in total. The van der Waals surface area contributed by atoms with Crippen LogP contribution in [-0.4, -0.2) is 19.6 Å². The second-order valence-electron chi connectivity index (χ2n) is 4.76. The third-order valence-corrected chi connectivity index (χ3v) is 3.48. The summed E-state index contributed by atoms with van der Waals surface area (Å²) in [5, 5.41) is 3.07. The van der Waals surface area contributed by atoms with Crippen LogP contribution in [0.15, 0.2) is 30.3 Å². The SMILES string of the molecule is COCC(C)C1CC(=O)NC1c1ccccc1. The highest BCUT2D eigenvalue weighted by Gasteiger charge is 2.36. The Morgan fingerprint density at radius 3 is 2.76 bits per heavy atom. The zero-order valence-corrected chi connectivity index (χ0v) is 10.3. The summed E-state index contributed by atoms with van der Waals surface area (Å²) < 4.78 is 5.20. The minimum absolute atomic E-state index is 0.133. The number of carbonyl (C=O) groups excluding carboxylic acids is 1. The first-order valence-electron chi connectivity index (χ1n) is 6.05. The summed E-state index contributed by atoms with van der Waals surface area (Å²) in [6.45, 7) is 2.84. The Morgan fingerprint density at radius 1 is 1.41 bits per heavy atom. The van der Waals surface area contributed by atoms with Gasteiger partial charge >= 0.3 is 0 Å². The van der Waals surface area contributed by atoms with Gasteiger partial charge in [-0.05, 0) is 17.4 Å². The van der Waals surface area contributed by atoms with Crippen LogP contribution in [0.2, 0.25) is 0 Å². The predicted octanol–water partition coefficient (Wildman–Crippen LogP) is 2.15. The van der Waals surface area contributed by atoms with Crippen LogP contribution in [0.1, 0.15) is 24.9 Å². The maximum Gasteiger partial charge on any atom is 0.220 e. The third kappa shape index (κ3) is 2.67. The minimum Gasteiger partial charge on any atom is -0.384 e. The zero-order valence-electron chi connectivity index (χ0n) is 10.3. The number of hydrogen-bond acceptors (Lipinski definition) is 2. The monoisotopic (exact) mass is 233 g/mol. The van der Waals surface area contributed by atoms with Gasteiger partial charge in [0.05, 0.1) is 6.04 Å². The number of methoxy groups -OCH3 is 1. The second-order valence-corrected chi connectivity index (χ2v) is 4.76. The summed E-state index contributed by atoms with van der Waals surface area (Å²) in [5.41, 5.74) is 1.19. The Bertz CT molecular complexity index is 377. The van der Waals surface area contributed by atoms with Crippen molar-refractivity contribution >= 4 is 5.91 Å². The Morgan fingerprint density at radius 2 is 2.12 bits per heavy atom. The molecular formula is C14H19NO2. The maximum atomic E-state index is 11.6. The van der Waals surface area contributed by atoms with E-state index in [1.807, 2.05) is 18.2 Å². The second kappa shape index (κ2) is 5.32. The number of nitrogens with one attached hydrogen (secondary N) is 1. The van der Waals surface area contributed by atoms with Crippen LogP contribution in [0.25, 0.3) is 0 Å². The molecule has 1 saturated heterocycles. The van der Waals surface area contributed by atoms with Crippen LogP contribution < -0.4 is 5.32 Å². The fraction of sp³-hybridized carbons (Fsp3) is 0.500. The van der Waals surface area contributed by atoms with Crippen LogP contribution in [0.5, 0.6) is 0 Å². The van der Waals surface area contributed by atoms with E-state index in [0.717, 1.165) is 0 Å². The largest absolute Gasteiger partial charge is 0.384 e. The molecule has 1 aromatic rings. The zero-order chi connectivity index (χ0) is 12.3. The van der Waals surface area contributed by atoms with Crippen molar-refractivity contribution in [3.05, 3.63) is 35.9 Å². The number of amides is 1. The summed E-state index contributed by atoms with van der Waals surface area (Å²) in [6.07, 6.45) is 0.601. The highest BCUT2D eigenvalue weighted by Crippen LogP contribution is 2.35. The number of carbonyl (C=O) groups is 1. The molecule has 0 aromatic heterocycles. The Balaban J connectivity index is 2.17. The van der Waals surface area contributed by atoms with E-state index in [2.05, 4.69) is 24.4 Å². The summed E-state index contributed by atoms with van der Waals surface area (Å²) in [5.74, 6) is 0.848. The molecule has 0 bridgehead atoms. The number of benzene rings is 1.